The van der Waals surface area contributed by atoms with Gasteiger partial charge in [-0.05, 0) is 30.4 Å². The fourth-order valence-electron chi connectivity index (χ4n) is 2.01. The van der Waals surface area contributed by atoms with Crippen molar-refractivity contribution < 1.29 is 19.8 Å². The molecule has 20 heavy (non-hydrogen) atoms. The van der Waals surface area contributed by atoms with Crippen LogP contribution in [0.15, 0.2) is 18.2 Å². The van der Waals surface area contributed by atoms with Gasteiger partial charge in [0.15, 0.2) is 0 Å². The van der Waals surface area contributed by atoms with Crippen LogP contribution in [-0.2, 0) is 0 Å². The molecule has 0 saturated carbocycles. The Labute approximate surface area is 120 Å². The summed E-state index contributed by atoms with van der Waals surface area (Å²) < 4.78 is 0. The Bertz CT molecular complexity index is 529. The summed E-state index contributed by atoms with van der Waals surface area (Å²) in [5.74, 6) is 0.573. The third-order valence-corrected chi connectivity index (χ3v) is 4.39. The molecule has 6 nitrogen and oxygen atoms in total. The Morgan fingerprint density at radius 1 is 1.45 bits per heavy atom. The average Bonchev–Trinajstić information content (AvgIpc) is 2.93. The van der Waals surface area contributed by atoms with Crippen molar-refractivity contribution >= 4 is 29.4 Å². The zero-order valence-corrected chi connectivity index (χ0v) is 11.8. The molecule has 1 heterocycles. The Balaban J connectivity index is 2.12. The molecule has 1 fully saturated rings. The van der Waals surface area contributed by atoms with Crippen molar-refractivity contribution in [1.82, 2.24) is 4.90 Å². The van der Waals surface area contributed by atoms with E-state index in [1.54, 1.807) is 23.7 Å². The molecule has 108 valence electrons. The van der Waals surface area contributed by atoms with Crippen molar-refractivity contribution in [3.8, 4) is 5.75 Å². The topological polar surface area (TPSA) is 89.9 Å². The molecule has 1 aromatic carbocycles. The summed E-state index contributed by atoms with van der Waals surface area (Å²) in [6.45, 7) is 0. The molecule has 0 spiro atoms. The van der Waals surface area contributed by atoms with Crippen LogP contribution in [0, 0.1) is 0 Å². The van der Waals surface area contributed by atoms with Crippen molar-refractivity contribution in [2.45, 2.75) is 12.5 Å². The fraction of sp³-hybridized carbons (Fsp3) is 0.385. The number of hydrogen-bond donors (Lipinski definition) is 3. The van der Waals surface area contributed by atoms with Gasteiger partial charge in [0.1, 0.15) is 5.75 Å². The highest BCUT2D eigenvalue weighted by Crippen LogP contribution is 2.24. The number of nitrogens with zero attached hydrogens (tertiary/aromatic N) is 1. The average molecular weight is 296 g/mol. The standard InChI is InChI=1S/C13H16N2O4S/c1-15(8-4-5-20-7-8)13(19)14-11-3-2-9(16)6-10(11)12(17)18/h2-3,6,8,16H,4-5,7H2,1H3,(H,14,19)(H,17,18). The molecule has 1 unspecified atom stereocenters. The molecular weight excluding hydrogens is 280 g/mol. The van der Waals surface area contributed by atoms with Gasteiger partial charge in [-0.3, -0.25) is 0 Å². The van der Waals surface area contributed by atoms with Gasteiger partial charge in [-0.25, -0.2) is 9.59 Å². The summed E-state index contributed by atoms with van der Waals surface area (Å²) in [7, 11) is 1.70. The number of urea groups is 1. The van der Waals surface area contributed by atoms with Crippen LogP contribution in [0.4, 0.5) is 10.5 Å². The zero-order chi connectivity index (χ0) is 14.7. The zero-order valence-electron chi connectivity index (χ0n) is 11.0. The summed E-state index contributed by atoms with van der Waals surface area (Å²) >= 11 is 1.80. The van der Waals surface area contributed by atoms with Crippen molar-refractivity contribution in [1.29, 1.82) is 0 Å². The quantitative estimate of drug-likeness (QED) is 0.743. The summed E-state index contributed by atoms with van der Waals surface area (Å²) in [4.78, 5) is 24.8. The minimum absolute atomic E-state index is 0.132. The van der Waals surface area contributed by atoms with Gasteiger partial charge in [-0.2, -0.15) is 11.8 Å². The molecule has 1 atom stereocenters. The molecule has 1 aliphatic rings. The smallest absolute Gasteiger partial charge is 0.337 e. The van der Waals surface area contributed by atoms with Gasteiger partial charge < -0.3 is 20.4 Å². The number of phenols is 1. The van der Waals surface area contributed by atoms with Crippen LogP contribution in [0.5, 0.6) is 5.75 Å². The van der Waals surface area contributed by atoms with Crippen LogP contribution < -0.4 is 5.32 Å². The number of rotatable bonds is 3. The highest BCUT2D eigenvalue weighted by molar-refractivity contribution is 7.99. The van der Waals surface area contributed by atoms with Crippen molar-refractivity contribution in [2.24, 2.45) is 0 Å². The van der Waals surface area contributed by atoms with E-state index >= 15 is 0 Å². The number of carbonyl (C=O) groups is 2. The second kappa shape index (κ2) is 6.04. The molecule has 1 aromatic rings. The normalized spacial score (nSPS) is 17.8. The number of nitrogens with one attached hydrogen (secondary N) is 1. The summed E-state index contributed by atoms with van der Waals surface area (Å²) in [6.07, 6.45) is 0.940. The summed E-state index contributed by atoms with van der Waals surface area (Å²) in [5.41, 5.74) is 0.0466. The first-order valence-electron chi connectivity index (χ1n) is 6.17. The number of phenolic OH excluding ortho intramolecular Hbond substituents is 1. The van der Waals surface area contributed by atoms with Crippen molar-refractivity contribution in [3.63, 3.8) is 0 Å². The molecule has 2 rings (SSSR count). The molecular formula is C13H16N2O4S. The monoisotopic (exact) mass is 296 g/mol. The number of aromatic hydroxyl groups is 1. The molecule has 1 aliphatic heterocycles. The van der Waals surface area contributed by atoms with Crippen LogP contribution in [-0.4, -0.2) is 51.7 Å². The third kappa shape index (κ3) is 3.16. The highest BCUT2D eigenvalue weighted by Gasteiger charge is 2.24. The van der Waals surface area contributed by atoms with Gasteiger partial charge >= 0.3 is 12.0 Å². The minimum atomic E-state index is -1.20. The number of hydrogen-bond acceptors (Lipinski definition) is 4. The van der Waals surface area contributed by atoms with Gasteiger partial charge in [-0.1, -0.05) is 0 Å². The largest absolute Gasteiger partial charge is 0.508 e. The molecule has 0 radical (unpaired) electrons. The number of benzene rings is 1. The van der Waals surface area contributed by atoms with Crippen molar-refractivity contribution in [2.75, 3.05) is 23.9 Å². The maximum Gasteiger partial charge on any atom is 0.337 e. The first kappa shape index (κ1) is 14.5. The lowest BCUT2D eigenvalue weighted by atomic mass is 10.1. The van der Waals surface area contributed by atoms with E-state index in [9.17, 15) is 14.7 Å². The van der Waals surface area contributed by atoms with Gasteiger partial charge in [0.2, 0.25) is 0 Å². The lowest BCUT2D eigenvalue weighted by molar-refractivity contribution is 0.0697. The first-order chi connectivity index (χ1) is 9.49. The molecule has 0 aliphatic carbocycles. The molecule has 0 aromatic heterocycles. The Morgan fingerprint density at radius 3 is 2.80 bits per heavy atom. The molecule has 0 bridgehead atoms. The molecule has 2 amide bonds. The number of anilines is 1. The number of carboxylic acids is 1. The number of carbonyl (C=O) groups excluding carboxylic acids is 1. The van der Waals surface area contributed by atoms with Gasteiger partial charge in [-0.15, -0.1) is 0 Å². The predicted octanol–water partition coefficient (Wildman–Crippen LogP) is 2.06. The fourth-order valence-corrected chi connectivity index (χ4v) is 3.28. The summed E-state index contributed by atoms with van der Waals surface area (Å²) in [6, 6.07) is 3.67. The number of carboxylic acid groups (broad SMARTS) is 1. The van der Waals surface area contributed by atoms with Crippen molar-refractivity contribution in [3.05, 3.63) is 23.8 Å². The van der Waals surface area contributed by atoms with Gasteiger partial charge in [0.25, 0.3) is 0 Å². The van der Waals surface area contributed by atoms with E-state index in [1.807, 2.05) is 0 Å². The molecule has 3 N–H and O–H groups in total. The first-order valence-corrected chi connectivity index (χ1v) is 7.32. The third-order valence-electron chi connectivity index (χ3n) is 3.25. The Hall–Kier alpha value is -1.89. The maximum atomic E-state index is 12.1. The Morgan fingerprint density at radius 2 is 2.20 bits per heavy atom. The lowest BCUT2D eigenvalue weighted by Crippen LogP contribution is -2.40. The lowest BCUT2D eigenvalue weighted by Gasteiger charge is -2.24. The van der Waals surface area contributed by atoms with E-state index in [-0.39, 0.29) is 29.1 Å². The second-order valence-corrected chi connectivity index (χ2v) is 5.74. The van der Waals surface area contributed by atoms with Gasteiger partial charge in [0, 0.05) is 18.8 Å². The number of thioether (sulfide) groups is 1. The molecule has 1 saturated heterocycles. The van der Waals surface area contributed by atoms with Gasteiger partial charge in [0.05, 0.1) is 11.3 Å². The van der Waals surface area contributed by atoms with E-state index in [4.69, 9.17) is 5.11 Å². The van der Waals surface area contributed by atoms with E-state index in [0.29, 0.717) is 0 Å². The predicted molar refractivity (Wildman–Crippen MR) is 77.6 cm³/mol. The van der Waals surface area contributed by atoms with E-state index in [1.165, 1.54) is 12.1 Å². The molecule has 7 heteroatoms. The number of amides is 2. The number of aromatic carboxylic acids is 1. The van der Waals surface area contributed by atoms with E-state index < -0.39 is 5.97 Å². The van der Waals surface area contributed by atoms with E-state index in [0.717, 1.165) is 24.0 Å². The van der Waals surface area contributed by atoms with Crippen LogP contribution >= 0.6 is 11.8 Å². The van der Waals surface area contributed by atoms with Crippen LogP contribution in [0.2, 0.25) is 0 Å². The minimum Gasteiger partial charge on any atom is -0.508 e. The van der Waals surface area contributed by atoms with E-state index in [2.05, 4.69) is 5.32 Å². The Kier molecular flexibility index (Phi) is 4.39. The van der Waals surface area contributed by atoms with Crippen LogP contribution in [0.1, 0.15) is 16.8 Å². The SMILES string of the molecule is CN(C(=O)Nc1ccc(O)cc1C(=O)O)C1CCSC1. The van der Waals surface area contributed by atoms with Crippen LogP contribution in [0.25, 0.3) is 0 Å². The second-order valence-electron chi connectivity index (χ2n) is 4.59. The van der Waals surface area contributed by atoms with Crippen LogP contribution in [0.3, 0.4) is 0 Å². The summed E-state index contributed by atoms with van der Waals surface area (Å²) in [5, 5.41) is 21.0. The maximum absolute atomic E-state index is 12.1. The highest BCUT2D eigenvalue weighted by atomic mass is 32.2.